The molecule has 1 aromatic heterocycles. The molecule has 0 radical (unpaired) electrons. The maximum Gasteiger partial charge on any atom is 0.307 e. The molecule has 0 spiro atoms. The van der Waals surface area contributed by atoms with Crippen molar-refractivity contribution >= 4 is 11.6 Å². The normalized spacial score (nSPS) is 23.4. The van der Waals surface area contributed by atoms with Gasteiger partial charge in [-0.15, -0.1) is 0 Å². The Morgan fingerprint density at radius 1 is 1.68 bits per heavy atom. The van der Waals surface area contributed by atoms with Crippen molar-refractivity contribution in [1.82, 2.24) is 14.7 Å². The van der Waals surface area contributed by atoms with Gasteiger partial charge in [0.25, 0.3) is 0 Å². The first kappa shape index (κ1) is 13.5. The Labute approximate surface area is 109 Å². The second-order valence-electron chi connectivity index (χ2n) is 4.69. The van der Waals surface area contributed by atoms with Gasteiger partial charge in [-0.3, -0.25) is 19.6 Å². The van der Waals surface area contributed by atoms with Crippen LogP contribution in [-0.4, -0.2) is 49.3 Å². The number of hydrogen-bond acceptors (Lipinski definition) is 5. The van der Waals surface area contributed by atoms with Crippen LogP contribution in [0.1, 0.15) is 19.8 Å². The van der Waals surface area contributed by atoms with Gasteiger partial charge in [-0.2, -0.15) is 5.10 Å². The number of hydrogen-bond donors (Lipinski definition) is 1. The molecule has 0 saturated carbocycles. The Bertz CT molecular complexity index is 487. The molecule has 0 aromatic carbocycles. The molecule has 2 heterocycles. The van der Waals surface area contributed by atoms with Gasteiger partial charge in [-0.25, -0.2) is 0 Å². The van der Waals surface area contributed by atoms with Crippen molar-refractivity contribution in [2.24, 2.45) is 0 Å². The third-order valence-electron chi connectivity index (χ3n) is 3.40. The highest BCUT2D eigenvalue weighted by molar-refractivity contribution is 5.76. The Kier molecular flexibility index (Phi) is 3.79. The Morgan fingerprint density at radius 3 is 3.05 bits per heavy atom. The molecule has 1 aliphatic heterocycles. The fourth-order valence-electron chi connectivity index (χ4n) is 2.24. The summed E-state index contributed by atoms with van der Waals surface area (Å²) in [4.78, 5) is 23.7. The van der Waals surface area contributed by atoms with E-state index in [0.717, 1.165) is 12.6 Å². The van der Waals surface area contributed by atoms with Crippen molar-refractivity contribution in [2.45, 2.75) is 38.5 Å². The number of likely N-dealkylation sites (tertiary alicyclic amines) is 1. The summed E-state index contributed by atoms with van der Waals surface area (Å²) in [7, 11) is 0. The Morgan fingerprint density at radius 2 is 2.42 bits per heavy atom. The van der Waals surface area contributed by atoms with Gasteiger partial charge in [0.1, 0.15) is 18.9 Å². The smallest absolute Gasteiger partial charge is 0.307 e. The van der Waals surface area contributed by atoms with Crippen LogP contribution in [0.3, 0.4) is 0 Å². The third-order valence-corrected chi connectivity index (χ3v) is 3.40. The monoisotopic (exact) mass is 268 g/mol. The zero-order valence-electron chi connectivity index (χ0n) is 10.6. The summed E-state index contributed by atoms with van der Waals surface area (Å²) >= 11 is 0. The van der Waals surface area contributed by atoms with E-state index >= 15 is 0 Å². The van der Waals surface area contributed by atoms with Gasteiger partial charge in [0.05, 0.1) is 17.1 Å². The fourth-order valence-corrected chi connectivity index (χ4v) is 2.24. The van der Waals surface area contributed by atoms with Gasteiger partial charge in [-0.05, 0) is 19.8 Å². The fraction of sp³-hybridized carbons (Fsp3) is 0.636. The average Bonchev–Trinajstić information content (AvgIpc) is 2.81. The van der Waals surface area contributed by atoms with Gasteiger partial charge in [0, 0.05) is 6.54 Å². The summed E-state index contributed by atoms with van der Waals surface area (Å²) in [6.45, 7) is 2.35. The molecule has 2 unspecified atom stereocenters. The molecule has 0 bridgehead atoms. The maximum atomic E-state index is 12.1. The zero-order valence-corrected chi connectivity index (χ0v) is 10.6. The van der Waals surface area contributed by atoms with E-state index < -0.39 is 11.0 Å². The van der Waals surface area contributed by atoms with Crippen LogP contribution in [0.5, 0.6) is 0 Å². The highest BCUT2D eigenvalue weighted by atomic mass is 16.6. The highest BCUT2D eigenvalue weighted by Gasteiger charge is 2.29. The van der Waals surface area contributed by atoms with E-state index in [9.17, 15) is 20.0 Å². The number of nitrogens with zero attached hydrogens (tertiary/aromatic N) is 4. The van der Waals surface area contributed by atoms with Crippen molar-refractivity contribution in [3.8, 4) is 0 Å². The molecule has 1 aliphatic rings. The van der Waals surface area contributed by atoms with Crippen LogP contribution in [0.4, 0.5) is 5.69 Å². The van der Waals surface area contributed by atoms with Crippen LogP contribution >= 0.6 is 0 Å². The number of carbonyl (C=O) groups is 1. The van der Waals surface area contributed by atoms with E-state index in [2.05, 4.69) is 5.10 Å². The van der Waals surface area contributed by atoms with Gasteiger partial charge < -0.3 is 10.0 Å². The third kappa shape index (κ3) is 2.90. The molecular formula is C11H16N4O4. The average molecular weight is 268 g/mol. The van der Waals surface area contributed by atoms with Crippen LogP contribution in [0.25, 0.3) is 0 Å². The first-order valence-electron chi connectivity index (χ1n) is 6.13. The number of carbonyl (C=O) groups excluding carboxylic acids is 1. The van der Waals surface area contributed by atoms with Crippen molar-refractivity contribution < 1.29 is 14.8 Å². The molecule has 1 aromatic rings. The number of amides is 1. The molecule has 8 heteroatoms. The van der Waals surface area contributed by atoms with Crippen LogP contribution < -0.4 is 0 Å². The van der Waals surface area contributed by atoms with Crippen LogP contribution in [0.2, 0.25) is 0 Å². The van der Waals surface area contributed by atoms with E-state index in [1.165, 1.54) is 10.9 Å². The summed E-state index contributed by atoms with van der Waals surface area (Å²) < 4.78 is 1.24. The molecule has 1 amide bonds. The molecule has 2 rings (SSSR count). The zero-order chi connectivity index (χ0) is 14.0. The predicted octanol–water partition coefficient (Wildman–Crippen LogP) is 0.163. The number of piperidine rings is 1. The van der Waals surface area contributed by atoms with Crippen LogP contribution in [0.15, 0.2) is 12.4 Å². The van der Waals surface area contributed by atoms with Crippen molar-refractivity contribution in [1.29, 1.82) is 0 Å². The minimum Gasteiger partial charge on any atom is -0.391 e. The van der Waals surface area contributed by atoms with Gasteiger partial charge >= 0.3 is 5.69 Å². The van der Waals surface area contributed by atoms with Gasteiger partial charge in [-0.1, -0.05) is 0 Å². The molecule has 19 heavy (non-hydrogen) atoms. The lowest BCUT2D eigenvalue weighted by atomic mass is 10.0. The lowest BCUT2D eigenvalue weighted by Crippen LogP contribution is -2.50. The quantitative estimate of drug-likeness (QED) is 0.621. The van der Waals surface area contributed by atoms with Gasteiger partial charge in [0.15, 0.2) is 0 Å². The van der Waals surface area contributed by atoms with Crippen molar-refractivity contribution in [3.63, 3.8) is 0 Å². The maximum absolute atomic E-state index is 12.1. The molecule has 0 aliphatic carbocycles. The SMILES string of the molecule is CC1C(O)CCCN1C(=O)Cn1cc([N+](=O)[O-])cn1. The number of nitro groups is 1. The van der Waals surface area contributed by atoms with Crippen molar-refractivity contribution in [2.75, 3.05) is 6.54 Å². The number of aromatic nitrogens is 2. The minimum absolute atomic E-state index is 0.0507. The summed E-state index contributed by atoms with van der Waals surface area (Å²) in [6.07, 6.45) is 3.28. The first-order chi connectivity index (χ1) is 8.99. The second kappa shape index (κ2) is 5.35. The molecule has 1 saturated heterocycles. The lowest BCUT2D eigenvalue weighted by molar-refractivity contribution is -0.385. The number of aliphatic hydroxyl groups is 1. The molecular weight excluding hydrogens is 252 g/mol. The largest absolute Gasteiger partial charge is 0.391 e. The predicted molar refractivity (Wildman–Crippen MR) is 65.3 cm³/mol. The summed E-state index contributed by atoms with van der Waals surface area (Å²) in [5.41, 5.74) is -0.139. The summed E-state index contributed by atoms with van der Waals surface area (Å²) in [5, 5.41) is 24.0. The minimum atomic E-state index is -0.554. The second-order valence-corrected chi connectivity index (χ2v) is 4.69. The van der Waals surface area contributed by atoms with Crippen molar-refractivity contribution in [3.05, 3.63) is 22.5 Å². The van der Waals surface area contributed by atoms with E-state index in [0.29, 0.717) is 13.0 Å². The number of rotatable bonds is 3. The van der Waals surface area contributed by atoms with Crippen LogP contribution in [-0.2, 0) is 11.3 Å². The molecule has 1 fully saturated rings. The van der Waals surface area contributed by atoms with Crippen LogP contribution in [0, 0.1) is 10.1 Å². The molecule has 2 atom stereocenters. The lowest BCUT2D eigenvalue weighted by Gasteiger charge is -2.36. The molecule has 104 valence electrons. The highest BCUT2D eigenvalue weighted by Crippen LogP contribution is 2.18. The summed E-state index contributed by atoms with van der Waals surface area (Å²) in [5.74, 6) is -0.191. The summed E-state index contributed by atoms with van der Waals surface area (Å²) in [6, 6.07) is -0.230. The Hall–Kier alpha value is -1.96. The van der Waals surface area contributed by atoms with E-state index in [1.54, 1.807) is 11.8 Å². The van der Waals surface area contributed by atoms with Gasteiger partial charge in [0.2, 0.25) is 5.91 Å². The topological polar surface area (TPSA) is 102 Å². The molecule has 8 nitrogen and oxygen atoms in total. The van der Waals surface area contributed by atoms with E-state index in [-0.39, 0.29) is 24.2 Å². The Balaban J connectivity index is 2.01. The van der Waals surface area contributed by atoms with E-state index in [1.807, 2.05) is 0 Å². The molecule has 1 N–H and O–H groups in total. The standard InChI is InChI=1S/C11H16N4O4/c1-8-10(16)3-2-4-14(8)11(17)7-13-6-9(5-12-13)15(18)19/h5-6,8,10,16H,2-4,7H2,1H3. The number of aliphatic hydroxyl groups excluding tert-OH is 1. The van der Waals surface area contributed by atoms with E-state index in [4.69, 9.17) is 0 Å². The first-order valence-corrected chi connectivity index (χ1v) is 6.13.